The highest BCUT2D eigenvalue weighted by Gasteiger charge is 2.65. The zero-order chi connectivity index (χ0) is 44.5. The van der Waals surface area contributed by atoms with Crippen LogP contribution in [0, 0.1) is 30.6 Å². The van der Waals surface area contributed by atoms with Crippen molar-refractivity contribution in [2.45, 2.75) is 121 Å². The van der Waals surface area contributed by atoms with E-state index in [4.69, 9.17) is 24.2 Å². The molecule has 0 unspecified atom stereocenters. The standard InChI is InChI=1S/C54H67N3O7/c1-4-31-63-54-50(57(51(60)28-25-38-16-5-6-17-38)35-41-21-14-20-39-18-7-8-23-44(39)41)34-48(56-61-3)46-32-40(19-9-11-29-58)45(24-10-12-30-59)52(53(46)54)47-33-43(26-27-49(47)64-54)62-36-42-22-13-15-37(2)55-42/h4,7-8,13-15,18,20-23,26-27,32-33,38,40,45,50,52-53,58-59H,1,5-6,9-12,16-17,19,24-25,28-31,34-36H2,2-3H3/t40-,45+,50-,52+,53+,54+/m0/s1. The Kier molecular flexibility index (Phi) is 15.2. The van der Waals surface area contributed by atoms with Gasteiger partial charge in [0.1, 0.15) is 31.3 Å². The van der Waals surface area contributed by atoms with Gasteiger partial charge in [0.25, 0.3) is 0 Å². The van der Waals surface area contributed by atoms with E-state index in [9.17, 15) is 10.2 Å². The molecule has 8 rings (SSSR count). The van der Waals surface area contributed by atoms with E-state index < -0.39 is 17.7 Å². The van der Waals surface area contributed by atoms with Crippen molar-refractivity contribution in [2.75, 3.05) is 26.9 Å². The minimum absolute atomic E-state index is 0.0762. The monoisotopic (exact) mass is 869 g/mol. The first-order chi connectivity index (χ1) is 31.4. The number of aliphatic hydroxyl groups excluding tert-OH is 2. The van der Waals surface area contributed by atoms with Crippen LogP contribution in [0.25, 0.3) is 10.8 Å². The van der Waals surface area contributed by atoms with Crippen molar-refractivity contribution in [1.29, 1.82) is 0 Å². The van der Waals surface area contributed by atoms with Crippen molar-refractivity contribution in [3.05, 3.63) is 126 Å². The molecule has 2 saturated carbocycles. The van der Waals surface area contributed by atoms with Crippen LogP contribution in [0.1, 0.15) is 112 Å². The van der Waals surface area contributed by atoms with Gasteiger partial charge in [-0.15, -0.1) is 6.58 Å². The lowest BCUT2D eigenvalue weighted by Gasteiger charge is -2.60. The normalized spacial score (nSPS) is 24.4. The lowest BCUT2D eigenvalue weighted by Crippen LogP contribution is -2.70. The van der Waals surface area contributed by atoms with Crippen LogP contribution in [0.4, 0.5) is 0 Å². The summed E-state index contributed by atoms with van der Waals surface area (Å²) in [5, 5.41) is 27.0. The van der Waals surface area contributed by atoms with Gasteiger partial charge in [-0.05, 0) is 109 Å². The Morgan fingerprint density at radius 2 is 1.75 bits per heavy atom. The summed E-state index contributed by atoms with van der Waals surface area (Å²) in [5.74, 6) is 0.390. The maximum Gasteiger partial charge on any atom is 0.239 e. The van der Waals surface area contributed by atoms with E-state index in [1.54, 1.807) is 13.2 Å². The Bertz CT molecular complexity index is 2280. The number of pyridine rings is 1. The molecule has 0 saturated heterocycles. The fraction of sp³-hybridized carbons (Fsp3) is 0.500. The second-order valence-electron chi connectivity index (χ2n) is 18.4. The summed E-state index contributed by atoms with van der Waals surface area (Å²) in [6, 6.07) is 26.2. The van der Waals surface area contributed by atoms with Gasteiger partial charge in [-0.25, -0.2) is 0 Å². The van der Waals surface area contributed by atoms with Gasteiger partial charge in [-0.3, -0.25) is 9.78 Å². The van der Waals surface area contributed by atoms with Gasteiger partial charge in [0.05, 0.1) is 23.9 Å². The molecule has 64 heavy (non-hydrogen) atoms. The number of carbonyl (C=O) groups is 1. The lowest BCUT2D eigenvalue weighted by atomic mass is 9.55. The summed E-state index contributed by atoms with van der Waals surface area (Å²) < 4.78 is 21.3. The number of aryl methyl sites for hydroxylation is 1. The number of nitrogens with zero attached hydrogens (tertiary/aromatic N) is 3. The number of hydrogen-bond acceptors (Lipinski definition) is 9. The van der Waals surface area contributed by atoms with E-state index in [-0.39, 0.29) is 43.5 Å². The van der Waals surface area contributed by atoms with Gasteiger partial charge < -0.3 is 34.2 Å². The van der Waals surface area contributed by atoms with Crippen molar-refractivity contribution in [2.24, 2.45) is 28.8 Å². The molecule has 2 N–H and O–H groups in total. The molecule has 4 aromatic rings. The summed E-state index contributed by atoms with van der Waals surface area (Å²) in [6.45, 7) is 7.24. The van der Waals surface area contributed by atoms with Gasteiger partial charge in [-0.2, -0.15) is 0 Å². The van der Waals surface area contributed by atoms with Crippen LogP contribution in [0.2, 0.25) is 0 Å². The first-order valence-electron chi connectivity index (χ1n) is 23.8. The third kappa shape index (κ3) is 9.80. The predicted octanol–water partition coefficient (Wildman–Crippen LogP) is 10.4. The highest BCUT2D eigenvalue weighted by molar-refractivity contribution is 6.03. The maximum atomic E-state index is 15.3. The maximum absolute atomic E-state index is 15.3. The molecule has 10 nitrogen and oxygen atoms in total. The highest BCUT2D eigenvalue weighted by Crippen LogP contribution is 2.62. The predicted molar refractivity (Wildman–Crippen MR) is 251 cm³/mol. The van der Waals surface area contributed by atoms with Crippen LogP contribution in [0.15, 0.2) is 108 Å². The summed E-state index contributed by atoms with van der Waals surface area (Å²) >= 11 is 0. The van der Waals surface area contributed by atoms with Crippen LogP contribution >= 0.6 is 0 Å². The van der Waals surface area contributed by atoms with Gasteiger partial charge in [0, 0.05) is 49.8 Å². The molecule has 2 fully saturated rings. The average Bonchev–Trinajstić information content (AvgIpc) is 3.84. The molecular weight excluding hydrogens is 803 g/mol. The minimum atomic E-state index is -1.34. The Morgan fingerprint density at radius 3 is 2.53 bits per heavy atom. The number of allylic oxidation sites excluding steroid dienone is 1. The van der Waals surface area contributed by atoms with Crippen LogP contribution in [0.3, 0.4) is 0 Å². The minimum Gasteiger partial charge on any atom is -0.487 e. The van der Waals surface area contributed by atoms with E-state index in [1.165, 1.54) is 25.7 Å². The van der Waals surface area contributed by atoms with Crippen LogP contribution in [0.5, 0.6) is 11.5 Å². The number of unbranched alkanes of at least 4 members (excludes halogenated alkanes) is 2. The van der Waals surface area contributed by atoms with Gasteiger partial charge in [0.15, 0.2) is 0 Å². The second-order valence-corrected chi connectivity index (χ2v) is 18.4. The largest absolute Gasteiger partial charge is 0.487 e. The zero-order valence-corrected chi connectivity index (χ0v) is 37.8. The molecule has 3 aromatic carbocycles. The molecule has 10 heteroatoms. The second kappa shape index (κ2) is 21.3. The Hall–Kier alpha value is -5.03. The number of amides is 1. The van der Waals surface area contributed by atoms with E-state index in [0.29, 0.717) is 56.3 Å². The van der Waals surface area contributed by atoms with Crippen LogP contribution in [-0.2, 0) is 27.5 Å². The van der Waals surface area contributed by atoms with Gasteiger partial charge in [-0.1, -0.05) is 104 Å². The number of benzene rings is 3. The smallest absolute Gasteiger partial charge is 0.239 e. The van der Waals surface area contributed by atoms with Gasteiger partial charge >= 0.3 is 0 Å². The zero-order valence-electron chi connectivity index (χ0n) is 37.8. The number of aliphatic hydroxyl groups is 2. The SMILES string of the molecule is C=CCO[C@@]12Oc3ccc(OCc4cccc(C)n4)cc3[C@H]3[C@H](CCCCO)[C@@H](CCCCO)C=C(C(=NOC)C[C@@H]1N(Cc1cccc4ccccc14)C(=O)CCC1CCCC1)[C@H]32. The van der Waals surface area contributed by atoms with Crippen molar-refractivity contribution in [3.63, 3.8) is 0 Å². The van der Waals surface area contributed by atoms with E-state index >= 15 is 4.79 Å². The summed E-state index contributed by atoms with van der Waals surface area (Å²) in [5.41, 5.74) is 5.67. The van der Waals surface area contributed by atoms with Crippen molar-refractivity contribution < 1.29 is 34.1 Å². The third-order valence-corrected chi connectivity index (χ3v) is 14.3. The number of hydrogen-bond donors (Lipinski definition) is 2. The van der Waals surface area contributed by atoms with Crippen molar-refractivity contribution in [1.82, 2.24) is 9.88 Å². The summed E-state index contributed by atoms with van der Waals surface area (Å²) in [4.78, 5) is 27.8. The summed E-state index contributed by atoms with van der Waals surface area (Å²) in [6.07, 6.45) is 15.4. The van der Waals surface area contributed by atoms with Crippen molar-refractivity contribution in [3.8, 4) is 11.5 Å². The van der Waals surface area contributed by atoms with Crippen molar-refractivity contribution >= 4 is 22.4 Å². The number of fused-ring (bicyclic) bond motifs is 3. The lowest BCUT2D eigenvalue weighted by molar-refractivity contribution is -0.258. The molecule has 1 aromatic heterocycles. The number of aromatic nitrogens is 1. The highest BCUT2D eigenvalue weighted by atomic mass is 16.7. The first kappa shape index (κ1) is 45.5. The Morgan fingerprint density at radius 1 is 0.969 bits per heavy atom. The molecule has 1 aliphatic heterocycles. The van der Waals surface area contributed by atoms with Gasteiger partial charge in [0.2, 0.25) is 11.7 Å². The molecule has 0 spiro atoms. The van der Waals surface area contributed by atoms with E-state index in [2.05, 4.69) is 71.1 Å². The fourth-order valence-electron chi connectivity index (χ4n) is 11.4. The number of carbonyl (C=O) groups excluding carboxylic acids is 1. The molecule has 4 aliphatic rings. The topological polar surface area (TPSA) is 123 Å². The number of oxime groups is 1. The quantitative estimate of drug-likeness (QED) is 0.0482. The first-order valence-corrected chi connectivity index (χ1v) is 23.8. The third-order valence-electron chi connectivity index (χ3n) is 14.3. The molecule has 2 heterocycles. The molecule has 3 aliphatic carbocycles. The fourth-order valence-corrected chi connectivity index (χ4v) is 11.4. The van der Waals surface area contributed by atoms with Crippen LogP contribution in [-0.4, -0.2) is 70.5 Å². The van der Waals surface area contributed by atoms with E-state index in [1.807, 2.05) is 37.3 Å². The molecular formula is C54H67N3O7. The number of ether oxygens (including phenoxy) is 3. The molecule has 6 atom stereocenters. The molecule has 0 bridgehead atoms. The Labute approximate surface area is 379 Å². The number of rotatable bonds is 21. The molecule has 0 radical (unpaired) electrons. The molecule has 1 amide bonds. The summed E-state index contributed by atoms with van der Waals surface area (Å²) in [7, 11) is 1.59. The Balaban J connectivity index is 1.30. The van der Waals surface area contributed by atoms with E-state index in [0.717, 1.165) is 76.7 Å². The molecule has 340 valence electrons. The average molecular weight is 870 g/mol. The van der Waals surface area contributed by atoms with Crippen LogP contribution < -0.4 is 9.47 Å².